The molecular formula is C18H28N2O. The van der Waals surface area contributed by atoms with Crippen LogP contribution in [-0.4, -0.2) is 30.4 Å². The second-order valence-corrected chi connectivity index (χ2v) is 6.36. The maximum atomic E-state index is 13.0. The Bertz CT molecular complexity index is 456. The van der Waals surface area contributed by atoms with Gasteiger partial charge in [-0.3, -0.25) is 4.79 Å². The molecule has 2 N–H and O–H groups in total. The molecule has 0 aliphatic heterocycles. The molecule has 2 rings (SSSR count). The Morgan fingerprint density at radius 1 is 1.33 bits per heavy atom. The molecular weight excluding hydrogens is 260 g/mol. The number of carbonyl (C=O) groups excluding carboxylic acids is 1. The number of nitrogens with two attached hydrogens (primary N) is 1. The molecule has 1 fully saturated rings. The fourth-order valence-corrected chi connectivity index (χ4v) is 3.14. The zero-order valence-corrected chi connectivity index (χ0v) is 13.5. The second kappa shape index (κ2) is 7.08. The highest BCUT2D eigenvalue weighted by Crippen LogP contribution is 2.36. The van der Waals surface area contributed by atoms with Crippen molar-refractivity contribution in [2.75, 3.05) is 13.6 Å². The number of hydrogen-bond donors (Lipinski definition) is 1. The summed E-state index contributed by atoms with van der Waals surface area (Å²) in [4.78, 5) is 15.0. The van der Waals surface area contributed by atoms with E-state index < -0.39 is 0 Å². The Morgan fingerprint density at radius 3 is 2.43 bits per heavy atom. The minimum Gasteiger partial charge on any atom is -0.341 e. The van der Waals surface area contributed by atoms with Crippen molar-refractivity contribution < 1.29 is 4.79 Å². The minimum absolute atomic E-state index is 0.0611. The zero-order valence-electron chi connectivity index (χ0n) is 13.5. The van der Waals surface area contributed by atoms with E-state index in [0.717, 1.165) is 12.0 Å². The van der Waals surface area contributed by atoms with Gasteiger partial charge in [-0.15, -0.1) is 0 Å². The van der Waals surface area contributed by atoms with Crippen LogP contribution in [0.3, 0.4) is 0 Å². The molecule has 116 valence electrons. The molecule has 0 aromatic heterocycles. The number of rotatable bonds is 7. The third-order valence-electron chi connectivity index (χ3n) is 4.89. The molecule has 21 heavy (non-hydrogen) atoms. The SMILES string of the molecule is CCC(C)C(C(=O)N(C)C(CN)C1CC1)c1ccccc1. The van der Waals surface area contributed by atoms with Crippen molar-refractivity contribution in [3.8, 4) is 0 Å². The molecule has 0 spiro atoms. The number of benzene rings is 1. The Labute approximate surface area is 128 Å². The van der Waals surface area contributed by atoms with Gasteiger partial charge in [0.2, 0.25) is 5.91 Å². The highest BCUT2D eigenvalue weighted by Gasteiger charge is 2.38. The van der Waals surface area contributed by atoms with E-state index in [-0.39, 0.29) is 17.9 Å². The fraction of sp³-hybridized carbons (Fsp3) is 0.611. The predicted molar refractivity (Wildman–Crippen MR) is 87.0 cm³/mol. The van der Waals surface area contributed by atoms with Gasteiger partial charge in [-0.2, -0.15) is 0 Å². The Kier molecular flexibility index (Phi) is 5.40. The third kappa shape index (κ3) is 3.65. The van der Waals surface area contributed by atoms with Crippen molar-refractivity contribution in [2.45, 2.75) is 45.1 Å². The normalized spacial score (nSPS) is 18.9. The van der Waals surface area contributed by atoms with E-state index in [4.69, 9.17) is 5.73 Å². The van der Waals surface area contributed by atoms with Gasteiger partial charge in [-0.1, -0.05) is 50.6 Å². The molecule has 0 radical (unpaired) electrons. The van der Waals surface area contributed by atoms with Gasteiger partial charge in [0.1, 0.15) is 0 Å². The van der Waals surface area contributed by atoms with E-state index in [9.17, 15) is 4.79 Å². The van der Waals surface area contributed by atoms with Crippen LogP contribution in [0.15, 0.2) is 30.3 Å². The quantitative estimate of drug-likeness (QED) is 0.838. The Balaban J connectivity index is 2.21. The summed E-state index contributed by atoms with van der Waals surface area (Å²) in [5.41, 5.74) is 7.03. The van der Waals surface area contributed by atoms with Gasteiger partial charge < -0.3 is 10.6 Å². The van der Waals surface area contributed by atoms with Gasteiger partial charge in [-0.05, 0) is 30.2 Å². The molecule has 3 unspecified atom stereocenters. The van der Waals surface area contributed by atoms with Crippen LogP contribution in [0.25, 0.3) is 0 Å². The van der Waals surface area contributed by atoms with Crippen molar-refractivity contribution >= 4 is 5.91 Å². The highest BCUT2D eigenvalue weighted by atomic mass is 16.2. The summed E-state index contributed by atoms with van der Waals surface area (Å²) in [6, 6.07) is 10.4. The summed E-state index contributed by atoms with van der Waals surface area (Å²) in [7, 11) is 1.93. The van der Waals surface area contributed by atoms with Crippen molar-refractivity contribution in [3.63, 3.8) is 0 Å². The summed E-state index contributed by atoms with van der Waals surface area (Å²) < 4.78 is 0. The van der Waals surface area contributed by atoms with E-state index >= 15 is 0 Å². The van der Waals surface area contributed by atoms with Crippen LogP contribution in [-0.2, 0) is 4.79 Å². The van der Waals surface area contributed by atoms with Crippen molar-refractivity contribution in [2.24, 2.45) is 17.6 Å². The van der Waals surface area contributed by atoms with E-state index in [0.29, 0.717) is 18.4 Å². The summed E-state index contributed by atoms with van der Waals surface area (Å²) in [5, 5.41) is 0. The lowest BCUT2D eigenvalue weighted by Crippen LogP contribution is -2.46. The Morgan fingerprint density at radius 2 is 1.95 bits per heavy atom. The molecule has 1 saturated carbocycles. The molecule has 0 bridgehead atoms. The average molecular weight is 288 g/mol. The minimum atomic E-state index is -0.0611. The summed E-state index contributed by atoms with van der Waals surface area (Å²) >= 11 is 0. The number of amides is 1. The third-order valence-corrected chi connectivity index (χ3v) is 4.89. The van der Waals surface area contributed by atoms with Gasteiger partial charge >= 0.3 is 0 Å². The molecule has 0 heterocycles. The summed E-state index contributed by atoms with van der Waals surface area (Å²) in [5.74, 6) is 1.10. The molecule has 1 aromatic carbocycles. The van der Waals surface area contributed by atoms with Crippen LogP contribution in [0.2, 0.25) is 0 Å². The van der Waals surface area contributed by atoms with Crippen molar-refractivity contribution in [3.05, 3.63) is 35.9 Å². The zero-order chi connectivity index (χ0) is 15.4. The lowest BCUT2D eigenvalue weighted by atomic mass is 9.84. The molecule has 1 amide bonds. The number of carbonyl (C=O) groups is 1. The molecule has 1 aromatic rings. The van der Waals surface area contributed by atoms with Gasteiger partial charge in [0.05, 0.1) is 5.92 Å². The van der Waals surface area contributed by atoms with Crippen molar-refractivity contribution in [1.82, 2.24) is 4.90 Å². The second-order valence-electron chi connectivity index (χ2n) is 6.36. The topological polar surface area (TPSA) is 46.3 Å². The number of hydrogen-bond acceptors (Lipinski definition) is 2. The molecule has 3 nitrogen and oxygen atoms in total. The van der Waals surface area contributed by atoms with Gasteiger partial charge in [0, 0.05) is 19.6 Å². The molecule has 3 heteroatoms. The maximum absolute atomic E-state index is 13.0. The van der Waals surface area contributed by atoms with E-state index in [1.807, 2.05) is 30.1 Å². The molecule has 3 atom stereocenters. The standard InChI is InChI=1S/C18H28N2O/c1-4-13(2)17(15-8-6-5-7-9-15)18(21)20(3)16(12-19)14-10-11-14/h5-9,13-14,16-17H,4,10-12,19H2,1-3H3. The molecule has 1 aliphatic rings. The number of nitrogens with zero attached hydrogens (tertiary/aromatic N) is 1. The van der Waals surface area contributed by atoms with Crippen LogP contribution >= 0.6 is 0 Å². The van der Waals surface area contributed by atoms with Gasteiger partial charge in [-0.25, -0.2) is 0 Å². The van der Waals surface area contributed by atoms with Crippen LogP contribution in [0.1, 0.15) is 44.6 Å². The van der Waals surface area contributed by atoms with Crippen LogP contribution < -0.4 is 5.73 Å². The molecule has 0 saturated heterocycles. The smallest absolute Gasteiger partial charge is 0.230 e. The van der Waals surface area contributed by atoms with Gasteiger partial charge in [0.25, 0.3) is 0 Å². The monoisotopic (exact) mass is 288 g/mol. The van der Waals surface area contributed by atoms with Crippen LogP contribution in [0, 0.1) is 11.8 Å². The fourth-order valence-electron chi connectivity index (χ4n) is 3.14. The Hall–Kier alpha value is -1.35. The van der Waals surface area contributed by atoms with Crippen LogP contribution in [0.4, 0.5) is 0 Å². The lowest BCUT2D eigenvalue weighted by Gasteiger charge is -2.33. The largest absolute Gasteiger partial charge is 0.341 e. The van der Waals surface area contributed by atoms with Crippen LogP contribution in [0.5, 0.6) is 0 Å². The summed E-state index contributed by atoms with van der Waals surface area (Å²) in [6.45, 7) is 4.88. The average Bonchev–Trinajstić information content (AvgIpc) is 3.33. The lowest BCUT2D eigenvalue weighted by molar-refractivity contribution is -0.135. The first-order chi connectivity index (χ1) is 10.1. The van der Waals surface area contributed by atoms with Gasteiger partial charge in [0.15, 0.2) is 0 Å². The highest BCUT2D eigenvalue weighted by molar-refractivity contribution is 5.84. The summed E-state index contributed by atoms with van der Waals surface area (Å²) in [6.07, 6.45) is 3.41. The predicted octanol–water partition coefficient (Wildman–Crippen LogP) is 3.01. The first-order valence-corrected chi connectivity index (χ1v) is 8.11. The van der Waals surface area contributed by atoms with E-state index in [1.165, 1.54) is 12.8 Å². The van der Waals surface area contributed by atoms with Crippen molar-refractivity contribution in [1.29, 1.82) is 0 Å². The molecule has 1 aliphatic carbocycles. The first-order valence-electron chi connectivity index (χ1n) is 8.11. The maximum Gasteiger partial charge on any atom is 0.230 e. The van der Waals surface area contributed by atoms with E-state index in [1.54, 1.807) is 0 Å². The van der Waals surface area contributed by atoms with E-state index in [2.05, 4.69) is 26.0 Å². The first kappa shape index (κ1) is 16.0. The number of likely N-dealkylation sites (N-methyl/N-ethyl adjacent to an activating group) is 1.